The average Bonchev–Trinajstić information content (AvgIpc) is 3.81. The Labute approximate surface area is 412 Å². The molecule has 2 aromatic heterocycles. The maximum Gasteiger partial charge on any atom is 0.423 e. The van der Waals surface area contributed by atoms with Gasteiger partial charge in [0.15, 0.2) is 0 Å². The second kappa shape index (κ2) is 21.2. The number of aryl methyl sites for hydroxylation is 5. The van der Waals surface area contributed by atoms with E-state index >= 15 is 0 Å². The molecule has 0 aliphatic carbocycles. The summed E-state index contributed by atoms with van der Waals surface area (Å²) >= 11 is 2.67. The molecule has 2 heterocycles. The summed E-state index contributed by atoms with van der Waals surface area (Å²) in [5, 5.41) is 24.5. The quantitative estimate of drug-likeness (QED) is 0.0758. The predicted molar refractivity (Wildman–Crippen MR) is 265 cm³/mol. The zero-order valence-corrected chi connectivity index (χ0v) is 41.4. The molecule has 0 saturated carbocycles. The first-order valence-electron chi connectivity index (χ1n) is 21.1. The number of anilines is 2. The van der Waals surface area contributed by atoms with E-state index in [1.54, 1.807) is 57.2 Å². The van der Waals surface area contributed by atoms with Crippen LogP contribution in [0.1, 0.15) is 51.4 Å². The van der Waals surface area contributed by atoms with Gasteiger partial charge in [0.05, 0.1) is 26.2 Å². The number of fused-ring (bicyclic) bond motifs is 2. The maximum absolute atomic E-state index is 13.7. The van der Waals surface area contributed by atoms with Gasteiger partial charge in [0.1, 0.15) is 21.1 Å². The number of nitrogens with one attached hydrogen (secondary N) is 1. The second-order valence-corrected chi connectivity index (χ2v) is 21.5. The highest BCUT2D eigenvalue weighted by Gasteiger charge is 2.40. The minimum Gasteiger partial charge on any atom is -0.270 e. The van der Waals surface area contributed by atoms with Crippen LogP contribution in [0.3, 0.4) is 0 Å². The average molecular weight is 1060 g/mol. The summed E-state index contributed by atoms with van der Waals surface area (Å²) in [6.45, 7) is 8.67. The molecule has 0 radical (unpaired) electrons. The Morgan fingerprint density at radius 2 is 1.01 bits per heavy atom. The van der Waals surface area contributed by atoms with Crippen molar-refractivity contribution in [1.29, 1.82) is 0 Å². The largest absolute Gasteiger partial charge is 0.423 e. The molecule has 0 fully saturated rings. The van der Waals surface area contributed by atoms with Gasteiger partial charge in [-0.3, -0.25) is 29.3 Å². The highest BCUT2D eigenvalue weighted by atomic mass is 32.2. The molecule has 71 heavy (non-hydrogen) atoms. The number of halogens is 6. The van der Waals surface area contributed by atoms with Gasteiger partial charge >= 0.3 is 12.4 Å². The molecular weight excluding hydrogens is 1010 g/mol. The van der Waals surface area contributed by atoms with Crippen molar-refractivity contribution < 1.29 is 53.0 Å². The number of nitro benzene ring substituents is 2. The van der Waals surface area contributed by atoms with Crippen LogP contribution in [0.15, 0.2) is 143 Å². The standard InChI is InChI=1S/C24H19F3N2O4S2.C16H15NO2S2.C9H8F3NO2/c1-15-7-10-18(11-8-15)35(32,33)28(23-16(2)19-5-3-4-6-22(19)34-23)14-17-9-12-21(29(30)31)20(13-17)24(25,26)27;1-11-7-9-13(10-8-11)21(18,19)17-16-12(2)14-5-3-4-6-15(14)20-16;1-2-6-3-4-8(13(14)15)7(5-6)9(10,11)12/h3-13H,14H2,1-2H3;3-10,17H,1-2H3;3-5H,2H2,1H3. The lowest BCUT2D eigenvalue weighted by atomic mass is 10.1. The summed E-state index contributed by atoms with van der Waals surface area (Å²) in [5.74, 6) is 0. The third-order valence-corrected chi connectivity index (χ3v) is 16.8. The minimum absolute atomic E-state index is 0.0158. The number of hydrogen-bond acceptors (Lipinski definition) is 10. The Morgan fingerprint density at radius 1 is 0.577 bits per heavy atom. The normalized spacial score (nSPS) is 11.9. The van der Waals surface area contributed by atoms with E-state index in [2.05, 4.69) is 4.72 Å². The van der Waals surface area contributed by atoms with Crippen molar-refractivity contribution in [2.45, 2.75) is 69.7 Å². The van der Waals surface area contributed by atoms with Crippen LogP contribution in [0.2, 0.25) is 0 Å². The van der Waals surface area contributed by atoms with E-state index in [-0.39, 0.29) is 15.4 Å². The number of sulfonamides is 2. The van der Waals surface area contributed by atoms with Crippen LogP contribution in [0, 0.1) is 47.9 Å². The second-order valence-electron chi connectivity index (χ2n) is 15.9. The fraction of sp³-hybridized carbons (Fsp3) is 0.184. The zero-order valence-electron chi connectivity index (χ0n) is 38.1. The van der Waals surface area contributed by atoms with E-state index < -0.39 is 71.3 Å². The molecule has 6 aromatic carbocycles. The smallest absolute Gasteiger partial charge is 0.270 e. The fourth-order valence-electron chi connectivity index (χ4n) is 7.10. The van der Waals surface area contributed by atoms with Gasteiger partial charge in [-0.05, 0) is 116 Å². The van der Waals surface area contributed by atoms with Crippen LogP contribution < -0.4 is 9.03 Å². The summed E-state index contributed by atoms with van der Waals surface area (Å²) in [5.41, 5.74) is -0.709. The molecular formula is C49H42F6N4O8S4. The molecule has 8 rings (SSSR count). The predicted octanol–water partition coefficient (Wildman–Crippen LogP) is 14.3. The summed E-state index contributed by atoms with van der Waals surface area (Å²) in [6, 6.07) is 33.8. The third-order valence-electron chi connectivity index (χ3n) is 10.9. The van der Waals surface area contributed by atoms with Crippen LogP contribution in [-0.2, 0) is 45.4 Å². The van der Waals surface area contributed by atoms with E-state index in [0.29, 0.717) is 33.6 Å². The molecule has 0 amide bonds. The van der Waals surface area contributed by atoms with Crippen molar-refractivity contribution in [1.82, 2.24) is 0 Å². The van der Waals surface area contributed by atoms with Crippen LogP contribution in [0.4, 0.5) is 47.7 Å². The molecule has 0 saturated heterocycles. The summed E-state index contributed by atoms with van der Waals surface area (Å²) in [6.07, 6.45) is -9.26. The Hall–Kier alpha value is -6.88. The lowest BCUT2D eigenvalue weighted by Gasteiger charge is -2.24. The number of nitrogens with zero attached hydrogens (tertiary/aromatic N) is 3. The van der Waals surface area contributed by atoms with Crippen LogP contribution >= 0.6 is 22.7 Å². The van der Waals surface area contributed by atoms with Gasteiger partial charge in [-0.1, -0.05) is 90.8 Å². The molecule has 0 unspecified atom stereocenters. The molecule has 0 atom stereocenters. The Balaban J connectivity index is 0.000000194. The topological polar surface area (TPSA) is 170 Å². The zero-order chi connectivity index (χ0) is 52.2. The maximum atomic E-state index is 13.7. The van der Waals surface area contributed by atoms with Crippen LogP contribution in [0.25, 0.3) is 20.2 Å². The lowest BCUT2D eigenvalue weighted by molar-refractivity contribution is -0.388. The number of alkyl halides is 6. The Kier molecular flexibility index (Phi) is 16.0. The van der Waals surface area contributed by atoms with Crippen molar-refractivity contribution in [3.8, 4) is 0 Å². The van der Waals surface area contributed by atoms with Crippen molar-refractivity contribution in [2.24, 2.45) is 0 Å². The molecule has 0 spiro atoms. The number of thiophene rings is 2. The van der Waals surface area contributed by atoms with Crippen molar-refractivity contribution in [3.05, 3.63) is 198 Å². The molecule has 0 aliphatic rings. The van der Waals surface area contributed by atoms with E-state index in [9.17, 15) is 63.4 Å². The third kappa shape index (κ3) is 12.4. The van der Waals surface area contributed by atoms with E-state index in [1.165, 1.54) is 40.9 Å². The van der Waals surface area contributed by atoms with Gasteiger partial charge in [0.25, 0.3) is 31.4 Å². The van der Waals surface area contributed by atoms with Gasteiger partial charge in [-0.15, -0.1) is 22.7 Å². The summed E-state index contributed by atoms with van der Waals surface area (Å²) in [7, 11) is -7.73. The SMILES string of the molecule is CCc1ccc([N+](=O)[O-])c(C(F)(F)F)c1.Cc1ccc(S(=O)(=O)N(Cc2ccc([N+](=O)[O-])c(C(F)(F)F)c2)c2sc3ccccc3c2C)cc1.Cc1ccc(S(=O)(=O)Nc2sc3ccccc3c2C)cc1. The summed E-state index contributed by atoms with van der Waals surface area (Å²) < 4.78 is 136. The monoisotopic (exact) mass is 1060 g/mol. The van der Waals surface area contributed by atoms with Gasteiger partial charge < -0.3 is 0 Å². The van der Waals surface area contributed by atoms with E-state index in [1.807, 2.05) is 62.4 Å². The minimum atomic E-state index is -4.98. The highest BCUT2D eigenvalue weighted by molar-refractivity contribution is 7.93. The Morgan fingerprint density at radius 3 is 1.46 bits per heavy atom. The van der Waals surface area contributed by atoms with Crippen LogP contribution in [-0.4, -0.2) is 26.7 Å². The van der Waals surface area contributed by atoms with Gasteiger partial charge in [-0.25, -0.2) is 16.8 Å². The number of nitro groups is 2. The summed E-state index contributed by atoms with van der Waals surface area (Å²) in [4.78, 5) is 19.6. The molecule has 1 N–H and O–H groups in total. The van der Waals surface area contributed by atoms with Crippen LogP contribution in [0.5, 0.6) is 0 Å². The van der Waals surface area contributed by atoms with Gasteiger partial charge in [0.2, 0.25) is 0 Å². The molecule has 8 aromatic rings. The fourth-order valence-corrected chi connectivity index (χ4v) is 12.5. The molecule has 0 aliphatic heterocycles. The number of rotatable bonds is 11. The highest BCUT2D eigenvalue weighted by Crippen LogP contribution is 2.43. The van der Waals surface area contributed by atoms with Crippen molar-refractivity contribution in [2.75, 3.05) is 9.03 Å². The first-order valence-corrected chi connectivity index (χ1v) is 25.6. The van der Waals surface area contributed by atoms with E-state index in [4.69, 9.17) is 0 Å². The van der Waals surface area contributed by atoms with Gasteiger partial charge in [-0.2, -0.15) is 26.3 Å². The van der Waals surface area contributed by atoms with Crippen molar-refractivity contribution >= 4 is 84.3 Å². The van der Waals surface area contributed by atoms with Gasteiger partial charge in [0, 0.05) is 21.5 Å². The lowest BCUT2D eigenvalue weighted by Crippen LogP contribution is -2.30. The number of hydrogen-bond donors (Lipinski definition) is 1. The Bertz CT molecular complexity index is 3490. The molecule has 0 bridgehead atoms. The molecule has 22 heteroatoms. The number of benzene rings is 6. The van der Waals surface area contributed by atoms with E-state index in [0.717, 1.165) is 65.4 Å². The first-order chi connectivity index (χ1) is 33.2. The molecule has 372 valence electrons. The first kappa shape index (κ1) is 53.5. The molecule has 12 nitrogen and oxygen atoms in total. The van der Waals surface area contributed by atoms with Crippen molar-refractivity contribution in [3.63, 3.8) is 0 Å².